The Hall–Kier alpha value is -2.86. The summed E-state index contributed by atoms with van der Waals surface area (Å²) < 4.78 is 0. The number of piperidine rings is 2. The number of amides is 2. The number of rotatable bonds is 4. The summed E-state index contributed by atoms with van der Waals surface area (Å²) in [5.41, 5.74) is 14.9. The Morgan fingerprint density at radius 3 is 2.34 bits per heavy atom. The van der Waals surface area contributed by atoms with E-state index in [1.165, 1.54) is 0 Å². The van der Waals surface area contributed by atoms with Gasteiger partial charge in [-0.25, -0.2) is 0 Å². The molecule has 2 aliphatic heterocycles. The number of anilines is 2. The number of benzene rings is 2. The molecule has 2 aliphatic rings. The molecule has 2 aromatic carbocycles. The van der Waals surface area contributed by atoms with Gasteiger partial charge in [0.15, 0.2) is 0 Å². The van der Waals surface area contributed by atoms with Crippen molar-refractivity contribution in [2.24, 2.45) is 5.92 Å². The van der Waals surface area contributed by atoms with E-state index in [0.717, 1.165) is 49.3 Å². The Labute approximate surface area is 171 Å². The number of hydrogen-bond donors (Lipinski definition) is 3. The zero-order chi connectivity index (χ0) is 20.4. The third kappa shape index (κ3) is 3.72. The number of carbonyl (C=O) groups is 2. The molecule has 2 fully saturated rings. The number of imide groups is 1. The van der Waals surface area contributed by atoms with Gasteiger partial charge < -0.3 is 11.5 Å². The van der Waals surface area contributed by atoms with Crippen molar-refractivity contribution in [3.8, 4) is 0 Å². The molecule has 1 atom stereocenters. The lowest BCUT2D eigenvalue weighted by Crippen LogP contribution is -2.57. The summed E-state index contributed by atoms with van der Waals surface area (Å²) in [6.45, 7) is 2.62. The minimum atomic E-state index is -0.667. The first-order valence-corrected chi connectivity index (χ1v) is 10.2. The van der Waals surface area contributed by atoms with E-state index >= 15 is 0 Å². The van der Waals surface area contributed by atoms with Gasteiger partial charge in [0, 0.05) is 24.3 Å². The van der Waals surface area contributed by atoms with Crippen molar-refractivity contribution in [3.05, 3.63) is 59.7 Å². The van der Waals surface area contributed by atoms with E-state index in [1.54, 1.807) is 0 Å². The number of para-hydroxylation sites is 1. The Kier molecular flexibility index (Phi) is 5.28. The summed E-state index contributed by atoms with van der Waals surface area (Å²) >= 11 is 0. The summed E-state index contributed by atoms with van der Waals surface area (Å²) in [6, 6.07) is 15.5. The molecule has 0 radical (unpaired) electrons. The highest BCUT2D eigenvalue weighted by Crippen LogP contribution is 2.44. The van der Waals surface area contributed by atoms with Crippen molar-refractivity contribution in [2.45, 2.75) is 37.6 Å². The molecule has 2 saturated heterocycles. The molecule has 2 aromatic rings. The summed E-state index contributed by atoms with van der Waals surface area (Å²) in [6.07, 6.45) is 2.73. The second-order valence-corrected chi connectivity index (χ2v) is 8.22. The maximum atomic E-state index is 13.1. The maximum absolute atomic E-state index is 13.1. The van der Waals surface area contributed by atoms with Crippen LogP contribution in [0.5, 0.6) is 0 Å². The normalized spacial score (nSPS) is 23.7. The van der Waals surface area contributed by atoms with Crippen LogP contribution in [0.3, 0.4) is 0 Å². The second kappa shape index (κ2) is 7.87. The molecule has 1 unspecified atom stereocenters. The van der Waals surface area contributed by atoms with Gasteiger partial charge in [-0.1, -0.05) is 30.3 Å². The molecule has 5 N–H and O–H groups in total. The lowest BCUT2D eigenvalue weighted by molar-refractivity contribution is -0.140. The Balaban J connectivity index is 1.54. The number of nitrogens with one attached hydrogen (secondary N) is 1. The molecule has 6 nitrogen and oxygen atoms in total. The van der Waals surface area contributed by atoms with E-state index in [0.29, 0.717) is 18.5 Å². The molecule has 0 aromatic heterocycles. The lowest BCUT2D eigenvalue weighted by atomic mass is 9.62. The highest BCUT2D eigenvalue weighted by Gasteiger charge is 2.50. The van der Waals surface area contributed by atoms with E-state index in [-0.39, 0.29) is 17.7 Å². The smallest absolute Gasteiger partial charge is 0.237 e. The average Bonchev–Trinajstić information content (AvgIpc) is 2.72. The molecule has 0 bridgehead atoms. The SMILES string of the molecule is Nc1ccc(C2(C3CCN(Cc4ccccc4N)CC3)CCC(=O)NC2=O)cc1. The van der Waals surface area contributed by atoms with Crippen LogP contribution in [0.25, 0.3) is 0 Å². The number of hydrogen-bond acceptors (Lipinski definition) is 5. The van der Waals surface area contributed by atoms with Gasteiger partial charge in [0.25, 0.3) is 0 Å². The van der Waals surface area contributed by atoms with Gasteiger partial charge in [-0.15, -0.1) is 0 Å². The number of nitrogen functional groups attached to an aromatic ring is 2. The fraction of sp³-hybridized carbons (Fsp3) is 0.391. The van der Waals surface area contributed by atoms with Crippen molar-refractivity contribution in [1.29, 1.82) is 0 Å². The summed E-state index contributed by atoms with van der Waals surface area (Å²) in [5.74, 6) is -0.161. The lowest BCUT2D eigenvalue weighted by Gasteiger charge is -2.45. The van der Waals surface area contributed by atoms with Crippen LogP contribution in [-0.2, 0) is 21.5 Å². The third-order valence-electron chi connectivity index (χ3n) is 6.56. The first-order valence-electron chi connectivity index (χ1n) is 10.2. The zero-order valence-corrected chi connectivity index (χ0v) is 16.6. The Morgan fingerprint density at radius 1 is 1.00 bits per heavy atom. The predicted octanol–water partition coefficient (Wildman–Crippen LogP) is 2.44. The van der Waals surface area contributed by atoms with Crippen LogP contribution in [-0.4, -0.2) is 29.8 Å². The van der Waals surface area contributed by atoms with E-state index in [9.17, 15) is 9.59 Å². The van der Waals surface area contributed by atoms with Gasteiger partial charge in [0.1, 0.15) is 0 Å². The van der Waals surface area contributed by atoms with E-state index < -0.39 is 5.41 Å². The highest BCUT2D eigenvalue weighted by molar-refractivity contribution is 6.03. The van der Waals surface area contributed by atoms with Gasteiger partial charge in [-0.05, 0) is 67.6 Å². The fourth-order valence-electron chi connectivity index (χ4n) is 4.91. The van der Waals surface area contributed by atoms with Crippen LogP contribution in [0.1, 0.15) is 36.8 Å². The number of likely N-dealkylation sites (tertiary alicyclic amines) is 1. The van der Waals surface area contributed by atoms with Crippen molar-refractivity contribution in [1.82, 2.24) is 10.2 Å². The molecular weight excluding hydrogens is 364 g/mol. The largest absolute Gasteiger partial charge is 0.399 e. The van der Waals surface area contributed by atoms with Gasteiger partial charge in [0.05, 0.1) is 5.41 Å². The van der Waals surface area contributed by atoms with E-state index in [4.69, 9.17) is 11.5 Å². The minimum Gasteiger partial charge on any atom is -0.399 e. The number of nitrogens with two attached hydrogens (primary N) is 2. The molecule has 6 heteroatoms. The first-order chi connectivity index (χ1) is 14.0. The van der Waals surface area contributed by atoms with Crippen LogP contribution < -0.4 is 16.8 Å². The zero-order valence-electron chi connectivity index (χ0n) is 16.6. The molecule has 4 rings (SSSR count). The topological polar surface area (TPSA) is 101 Å². The average molecular weight is 393 g/mol. The van der Waals surface area contributed by atoms with Gasteiger partial charge >= 0.3 is 0 Å². The molecule has 152 valence electrons. The van der Waals surface area contributed by atoms with Gasteiger partial charge in [0.2, 0.25) is 11.8 Å². The number of nitrogens with zero attached hydrogens (tertiary/aromatic N) is 1. The van der Waals surface area contributed by atoms with Crippen LogP contribution >= 0.6 is 0 Å². The Bertz CT molecular complexity index is 903. The van der Waals surface area contributed by atoms with Crippen LogP contribution in [0.2, 0.25) is 0 Å². The van der Waals surface area contributed by atoms with Crippen LogP contribution in [0.15, 0.2) is 48.5 Å². The monoisotopic (exact) mass is 392 g/mol. The van der Waals surface area contributed by atoms with Crippen molar-refractivity contribution >= 4 is 23.2 Å². The van der Waals surface area contributed by atoms with Crippen molar-refractivity contribution < 1.29 is 9.59 Å². The summed E-state index contributed by atoms with van der Waals surface area (Å²) in [4.78, 5) is 27.4. The molecule has 0 aliphatic carbocycles. The van der Waals surface area contributed by atoms with E-state index in [1.807, 2.05) is 42.5 Å². The highest BCUT2D eigenvalue weighted by atomic mass is 16.2. The quantitative estimate of drug-likeness (QED) is 0.548. The van der Waals surface area contributed by atoms with Gasteiger partial charge in [-0.3, -0.25) is 19.8 Å². The van der Waals surface area contributed by atoms with Gasteiger partial charge in [-0.2, -0.15) is 0 Å². The Morgan fingerprint density at radius 2 is 1.69 bits per heavy atom. The first kappa shape index (κ1) is 19.5. The predicted molar refractivity (Wildman–Crippen MR) is 114 cm³/mol. The molecule has 0 saturated carbocycles. The second-order valence-electron chi connectivity index (χ2n) is 8.22. The maximum Gasteiger partial charge on any atom is 0.237 e. The fourth-order valence-corrected chi connectivity index (χ4v) is 4.91. The molecule has 0 spiro atoms. The molecule has 29 heavy (non-hydrogen) atoms. The molecular formula is C23H28N4O2. The van der Waals surface area contributed by atoms with Crippen molar-refractivity contribution in [3.63, 3.8) is 0 Å². The summed E-state index contributed by atoms with van der Waals surface area (Å²) in [7, 11) is 0. The van der Waals surface area contributed by atoms with E-state index in [2.05, 4.69) is 16.3 Å². The number of carbonyl (C=O) groups excluding carboxylic acids is 2. The third-order valence-corrected chi connectivity index (χ3v) is 6.56. The molecule has 2 heterocycles. The molecule has 2 amide bonds. The minimum absolute atomic E-state index is 0.163. The van der Waals surface area contributed by atoms with Crippen LogP contribution in [0.4, 0.5) is 11.4 Å². The summed E-state index contributed by atoms with van der Waals surface area (Å²) in [5, 5.41) is 2.60. The standard InChI is InChI=1S/C23H28N4O2/c24-19-7-5-17(6-8-19)23(12-9-21(28)26-22(23)29)18-10-13-27(14-11-18)15-16-3-1-2-4-20(16)25/h1-8,18H,9-15,24-25H2,(H,26,28,29). The van der Waals surface area contributed by atoms with Crippen molar-refractivity contribution in [2.75, 3.05) is 24.6 Å². The van der Waals surface area contributed by atoms with Crippen LogP contribution in [0, 0.1) is 5.92 Å².